The van der Waals surface area contributed by atoms with E-state index in [0.717, 1.165) is 25.7 Å². The number of Topliss-reactive ketones (excluding diaryl/α,β-unsaturated/α-hetero) is 1. The van der Waals surface area contributed by atoms with E-state index in [-0.39, 0.29) is 18.0 Å². The molecule has 1 saturated carbocycles. The third-order valence-electron chi connectivity index (χ3n) is 4.44. The summed E-state index contributed by atoms with van der Waals surface area (Å²) in [6, 6.07) is 3.52. The van der Waals surface area contributed by atoms with Gasteiger partial charge in [0.25, 0.3) is 0 Å². The van der Waals surface area contributed by atoms with E-state index in [4.69, 9.17) is 14.2 Å². The van der Waals surface area contributed by atoms with E-state index < -0.39 is 0 Å². The topological polar surface area (TPSA) is 44.8 Å². The van der Waals surface area contributed by atoms with Gasteiger partial charge in [-0.1, -0.05) is 26.2 Å². The second kappa shape index (κ2) is 5.00. The average molecular weight is 276 g/mol. The van der Waals surface area contributed by atoms with Gasteiger partial charge in [0.15, 0.2) is 17.3 Å². The summed E-state index contributed by atoms with van der Waals surface area (Å²) in [6.07, 6.45) is 5.36. The Labute approximate surface area is 119 Å². The molecule has 0 saturated heterocycles. The molecule has 1 aliphatic heterocycles. The van der Waals surface area contributed by atoms with Crippen LogP contribution in [0.4, 0.5) is 0 Å². The smallest absolute Gasteiger partial charge is 0.231 e. The van der Waals surface area contributed by atoms with Gasteiger partial charge in [-0.25, -0.2) is 0 Å². The molecule has 20 heavy (non-hydrogen) atoms. The minimum Gasteiger partial charge on any atom is -0.496 e. The number of ketones is 1. The monoisotopic (exact) mass is 276 g/mol. The summed E-state index contributed by atoms with van der Waals surface area (Å²) in [5.74, 6) is 2.01. The second-order valence-corrected chi connectivity index (χ2v) is 5.86. The highest BCUT2D eigenvalue weighted by Crippen LogP contribution is 2.44. The highest BCUT2D eigenvalue weighted by molar-refractivity contribution is 6.03. The summed E-state index contributed by atoms with van der Waals surface area (Å²) in [6.45, 7) is 2.27. The predicted octanol–water partition coefficient (Wildman–Crippen LogP) is 3.58. The van der Waals surface area contributed by atoms with Gasteiger partial charge < -0.3 is 14.2 Å². The Morgan fingerprint density at radius 2 is 1.80 bits per heavy atom. The summed E-state index contributed by atoms with van der Waals surface area (Å²) in [4.78, 5) is 12.9. The number of hydrogen-bond donors (Lipinski definition) is 0. The van der Waals surface area contributed by atoms with Crippen LogP contribution in [0.1, 0.15) is 49.4 Å². The number of hydrogen-bond acceptors (Lipinski definition) is 4. The van der Waals surface area contributed by atoms with Crippen molar-refractivity contribution in [3.63, 3.8) is 0 Å². The Morgan fingerprint density at radius 3 is 2.45 bits per heavy atom. The lowest BCUT2D eigenvalue weighted by Gasteiger charge is -2.32. The SMILES string of the molecule is COc1cc2c(cc1C(=O)C1(C)CCCCC1)OCO2. The first kappa shape index (κ1) is 13.3. The van der Waals surface area contributed by atoms with Gasteiger partial charge >= 0.3 is 0 Å². The van der Waals surface area contributed by atoms with E-state index in [9.17, 15) is 4.79 Å². The van der Waals surface area contributed by atoms with Gasteiger partial charge in [0, 0.05) is 11.5 Å². The van der Waals surface area contributed by atoms with E-state index in [0.29, 0.717) is 22.8 Å². The number of methoxy groups -OCH3 is 1. The lowest BCUT2D eigenvalue weighted by molar-refractivity contribution is 0.0746. The molecule has 4 heteroatoms. The molecule has 0 amide bonds. The first-order valence-electron chi connectivity index (χ1n) is 7.16. The van der Waals surface area contributed by atoms with Crippen molar-refractivity contribution in [3.8, 4) is 17.2 Å². The zero-order valence-electron chi connectivity index (χ0n) is 12.0. The quantitative estimate of drug-likeness (QED) is 0.792. The predicted molar refractivity (Wildman–Crippen MR) is 74.6 cm³/mol. The molecule has 0 N–H and O–H groups in total. The van der Waals surface area contributed by atoms with Crippen molar-refractivity contribution in [1.29, 1.82) is 0 Å². The van der Waals surface area contributed by atoms with E-state index in [1.54, 1.807) is 19.2 Å². The molecule has 0 radical (unpaired) electrons. The molecule has 1 aromatic carbocycles. The molecule has 1 aromatic rings. The number of carbonyl (C=O) groups excluding carboxylic acids is 1. The molecule has 0 bridgehead atoms. The van der Waals surface area contributed by atoms with Crippen LogP contribution in [0.3, 0.4) is 0 Å². The molecule has 0 unspecified atom stereocenters. The van der Waals surface area contributed by atoms with Crippen LogP contribution in [0.25, 0.3) is 0 Å². The molecule has 0 spiro atoms. The maximum Gasteiger partial charge on any atom is 0.231 e. The molecular weight excluding hydrogens is 256 g/mol. The van der Waals surface area contributed by atoms with Gasteiger partial charge in [0.05, 0.1) is 12.7 Å². The fourth-order valence-corrected chi connectivity index (χ4v) is 3.15. The third-order valence-corrected chi connectivity index (χ3v) is 4.44. The maximum atomic E-state index is 12.9. The van der Waals surface area contributed by atoms with Gasteiger partial charge in [0.1, 0.15) is 5.75 Å². The average Bonchev–Trinajstić information content (AvgIpc) is 2.93. The van der Waals surface area contributed by atoms with Crippen molar-refractivity contribution in [3.05, 3.63) is 17.7 Å². The van der Waals surface area contributed by atoms with Crippen LogP contribution in [0.15, 0.2) is 12.1 Å². The van der Waals surface area contributed by atoms with Crippen molar-refractivity contribution in [1.82, 2.24) is 0 Å². The van der Waals surface area contributed by atoms with Crippen molar-refractivity contribution >= 4 is 5.78 Å². The van der Waals surface area contributed by atoms with Gasteiger partial charge in [-0.3, -0.25) is 4.79 Å². The molecule has 0 atom stereocenters. The molecule has 2 aliphatic rings. The molecule has 4 nitrogen and oxygen atoms in total. The highest BCUT2D eigenvalue weighted by Gasteiger charge is 2.37. The summed E-state index contributed by atoms with van der Waals surface area (Å²) in [5, 5.41) is 0. The normalized spacial score (nSPS) is 19.7. The molecular formula is C16H20O4. The lowest BCUT2D eigenvalue weighted by atomic mass is 9.71. The largest absolute Gasteiger partial charge is 0.496 e. The van der Waals surface area contributed by atoms with Gasteiger partial charge in [-0.05, 0) is 18.9 Å². The van der Waals surface area contributed by atoms with Crippen molar-refractivity contribution in [2.75, 3.05) is 13.9 Å². The Balaban J connectivity index is 1.98. The molecule has 108 valence electrons. The standard InChI is InChI=1S/C16H20O4/c1-16(6-4-3-5-7-16)15(17)11-8-13-14(20-10-19-13)9-12(11)18-2/h8-9H,3-7,10H2,1-2H3. The number of ether oxygens (including phenoxy) is 3. The second-order valence-electron chi connectivity index (χ2n) is 5.86. The van der Waals surface area contributed by atoms with E-state index in [1.807, 2.05) is 0 Å². The third kappa shape index (κ3) is 2.13. The van der Waals surface area contributed by atoms with Crippen LogP contribution in [0, 0.1) is 5.41 Å². The minimum atomic E-state index is -0.279. The molecule has 1 aliphatic carbocycles. The first-order chi connectivity index (χ1) is 9.64. The van der Waals surface area contributed by atoms with Crippen molar-refractivity contribution in [2.24, 2.45) is 5.41 Å². The van der Waals surface area contributed by atoms with Crippen LogP contribution in [-0.2, 0) is 0 Å². The Morgan fingerprint density at radius 1 is 1.15 bits per heavy atom. The molecule has 3 rings (SSSR count). The zero-order valence-corrected chi connectivity index (χ0v) is 12.0. The van der Waals surface area contributed by atoms with Crippen LogP contribution < -0.4 is 14.2 Å². The number of rotatable bonds is 3. The first-order valence-corrected chi connectivity index (χ1v) is 7.16. The van der Waals surface area contributed by atoms with Crippen LogP contribution in [0.2, 0.25) is 0 Å². The van der Waals surface area contributed by atoms with E-state index in [1.165, 1.54) is 6.42 Å². The zero-order chi connectivity index (χ0) is 14.2. The van der Waals surface area contributed by atoms with Crippen LogP contribution in [0.5, 0.6) is 17.2 Å². The van der Waals surface area contributed by atoms with Crippen molar-refractivity contribution in [2.45, 2.75) is 39.0 Å². The van der Waals surface area contributed by atoms with Crippen LogP contribution in [-0.4, -0.2) is 19.7 Å². The van der Waals surface area contributed by atoms with Crippen LogP contribution >= 0.6 is 0 Å². The van der Waals surface area contributed by atoms with Gasteiger partial charge in [-0.15, -0.1) is 0 Å². The summed E-state index contributed by atoms with van der Waals surface area (Å²) < 4.78 is 16.1. The number of benzene rings is 1. The maximum absolute atomic E-state index is 12.9. The molecule has 1 heterocycles. The van der Waals surface area contributed by atoms with E-state index in [2.05, 4.69) is 6.92 Å². The summed E-state index contributed by atoms with van der Waals surface area (Å²) >= 11 is 0. The number of carbonyl (C=O) groups is 1. The number of fused-ring (bicyclic) bond motifs is 1. The Kier molecular flexibility index (Phi) is 3.32. The Bertz CT molecular complexity index is 530. The minimum absolute atomic E-state index is 0.160. The highest BCUT2D eigenvalue weighted by atomic mass is 16.7. The van der Waals surface area contributed by atoms with Gasteiger partial charge in [-0.2, -0.15) is 0 Å². The molecule has 0 aromatic heterocycles. The summed E-state index contributed by atoms with van der Waals surface area (Å²) in [5.41, 5.74) is 0.334. The molecule has 1 fully saturated rings. The Hall–Kier alpha value is -1.71. The van der Waals surface area contributed by atoms with Crippen molar-refractivity contribution < 1.29 is 19.0 Å². The van der Waals surface area contributed by atoms with E-state index >= 15 is 0 Å². The summed E-state index contributed by atoms with van der Waals surface area (Å²) in [7, 11) is 1.58. The van der Waals surface area contributed by atoms with Gasteiger partial charge in [0.2, 0.25) is 6.79 Å². The lowest BCUT2D eigenvalue weighted by Crippen LogP contribution is -2.30. The fraction of sp³-hybridized carbons (Fsp3) is 0.562. The fourth-order valence-electron chi connectivity index (χ4n) is 3.15.